The van der Waals surface area contributed by atoms with E-state index in [1.54, 1.807) is 0 Å². The monoisotopic (exact) mass is 225 g/mol. The largest absolute Gasteiger partial charge is 0.381 e. The summed E-state index contributed by atoms with van der Waals surface area (Å²) in [5, 5.41) is 3.71. The van der Waals surface area contributed by atoms with Crippen LogP contribution in [0.25, 0.3) is 0 Å². The van der Waals surface area contributed by atoms with Crippen LogP contribution in [0.5, 0.6) is 0 Å². The van der Waals surface area contributed by atoms with Gasteiger partial charge in [-0.3, -0.25) is 0 Å². The van der Waals surface area contributed by atoms with Crippen molar-refractivity contribution in [3.8, 4) is 0 Å². The van der Waals surface area contributed by atoms with Crippen LogP contribution < -0.4 is 5.32 Å². The summed E-state index contributed by atoms with van der Waals surface area (Å²) in [4.78, 5) is 0. The molecule has 0 bridgehead atoms. The Morgan fingerprint density at radius 2 is 1.88 bits per heavy atom. The first-order valence-corrected chi connectivity index (χ1v) is 7.12. The second-order valence-corrected chi connectivity index (χ2v) is 5.65. The van der Waals surface area contributed by atoms with Gasteiger partial charge in [-0.2, -0.15) is 0 Å². The van der Waals surface area contributed by atoms with Gasteiger partial charge < -0.3 is 10.1 Å². The number of ether oxygens (including phenoxy) is 1. The highest BCUT2D eigenvalue weighted by atomic mass is 16.5. The highest BCUT2D eigenvalue weighted by molar-refractivity contribution is 4.87. The smallest absolute Gasteiger partial charge is 0.0468 e. The quantitative estimate of drug-likeness (QED) is 0.750. The highest BCUT2D eigenvalue weighted by Crippen LogP contribution is 2.40. The lowest BCUT2D eigenvalue weighted by Gasteiger charge is -2.31. The van der Waals surface area contributed by atoms with Crippen molar-refractivity contribution >= 4 is 0 Å². The first-order valence-electron chi connectivity index (χ1n) is 7.12. The van der Waals surface area contributed by atoms with Crippen LogP contribution in [0.15, 0.2) is 0 Å². The Morgan fingerprint density at radius 1 is 1.19 bits per heavy atom. The molecule has 1 aliphatic carbocycles. The van der Waals surface area contributed by atoms with E-state index in [4.69, 9.17) is 4.74 Å². The minimum Gasteiger partial charge on any atom is -0.381 e. The molecule has 2 nitrogen and oxygen atoms in total. The molecule has 94 valence electrons. The minimum atomic E-state index is 0.751. The topological polar surface area (TPSA) is 21.3 Å². The maximum Gasteiger partial charge on any atom is 0.0468 e. The molecule has 0 aromatic heterocycles. The Hall–Kier alpha value is -0.0800. The third kappa shape index (κ3) is 3.46. The summed E-state index contributed by atoms with van der Waals surface area (Å²) >= 11 is 0. The van der Waals surface area contributed by atoms with Crippen LogP contribution in [-0.4, -0.2) is 25.8 Å². The summed E-state index contributed by atoms with van der Waals surface area (Å²) in [7, 11) is 0. The molecule has 2 fully saturated rings. The van der Waals surface area contributed by atoms with Crippen LogP contribution in [0.1, 0.15) is 46.0 Å². The molecule has 1 saturated heterocycles. The molecule has 2 rings (SSSR count). The summed E-state index contributed by atoms with van der Waals surface area (Å²) in [5.41, 5.74) is 0. The normalized spacial score (nSPS) is 26.6. The minimum absolute atomic E-state index is 0.751. The van der Waals surface area contributed by atoms with Gasteiger partial charge in [0, 0.05) is 19.3 Å². The maximum absolute atomic E-state index is 5.44. The molecule has 0 aromatic rings. The van der Waals surface area contributed by atoms with E-state index >= 15 is 0 Å². The molecule has 1 N–H and O–H groups in total. The predicted molar refractivity (Wildman–Crippen MR) is 67.5 cm³/mol. The molecule has 2 heteroatoms. The summed E-state index contributed by atoms with van der Waals surface area (Å²) < 4.78 is 5.44. The molecular weight excluding hydrogens is 198 g/mol. The zero-order valence-electron chi connectivity index (χ0n) is 10.9. The second kappa shape index (κ2) is 6.02. The van der Waals surface area contributed by atoms with Crippen molar-refractivity contribution in [2.24, 2.45) is 17.8 Å². The third-order valence-corrected chi connectivity index (χ3v) is 4.39. The first kappa shape index (κ1) is 12.4. The fourth-order valence-electron chi connectivity index (χ4n) is 3.04. The molecule has 2 aliphatic rings. The van der Waals surface area contributed by atoms with Gasteiger partial charge >= 0.3 is 0 Å². The summed E-state index contributed by atoms with van der Waals surface area (Å²) in [6.45, 7) is 7.77. The van der Waals surface area contributed by atoms with Crippen molar-refractivity contribution in [3.05, 3.63) is 0 Å². The standard InChI is InChI=1S/C14H27NO/c1-3-15-14(11(2)13-4-5-13)10-12-6-8-16-9-7-12/h11-15H,3-10H2,1-2H3. The van der Waals surface area contributed by atoms with Crippen LogP contribution >= 0.6 is 0 Å². The predicted octanol–water partition coefficient (Wildman–Crippen LogP) is 2.83. The van der Waals surface area contributed by atoms with Crippen molar-refractivity contribution in [2.45, 2.75) is 52.0 Å². The van der Waals surface area contributed by atoms with Gasteiger partial charge in [-0.25, -0.2) is 0 Å². The lowest BCUT2D eigenvalue weighted by molar-refractivity contribution is 0.0577. The molecule has 1 aliphatic heterocycles. The maximum atomic E-state index is 5.44. The van der Waals surface area contributed by atoms with Gasteiger partial charge in [0.25, 0.3) is 0 Å². The van der Waals surface area contributed by atoms with Gasteiger partial charge in [0.15, 0.2) is 0 Å². The molecule has 2 atom stereocenters. The molecule has 0 aromatic carbocycles. The Labute approximate surface area is 100 Å². The van der Waals surface area contributed by atoms with E-state index in [-0.39, 0.29) is 0 Å². The van der Waals surface area contributed by atoms with E-state index < -0.39 is 0 Å². The molecule has 2 unspecified atom stereocenters. The van der Waals surface area contributed by atoms with Gasteiger partial charge in [-0.1, -0.05) is 13.8 Å². The van der Waals surface area contributed by atoms with Crippen molar-refractivity contribution < 1.29 is 4.74 Å². The molecule has 16 heavy (non-hydrogen) atoms. The van der Waals surface area contributed by atoms with Crippen LogP contribution in [0, 0.1) is 17.8 Å². The fraction of sp³-hybridized carbons (Fsp3) is 1.00. The van der Waals surface area contributed by atoms with Crippen LogP contribution in [0.2, 0.25) is 0 Å². The van der Waals surface area contributed by atoms with Crippen LogP contribution in [0.4, 0.5) is 0 Å². The first-order chi connectivity index (χ1) is 7.81. The third-order valence-electron chi connectivity index (χ3n) is 4.39. The van der Waals surface area contributed by atoms with Gasteiger partial charge in [0.05, 0.1) is 0 Å². The number of nitrogens with one attached hydrogen (secondary N) is 1. The van der Waals surface area contributed by atoms with E-state index in [0.717, 1.165) is 43.6 Å². The SMILES string of the molecule is CCNC(CC1CCOCC1)C(C)C1CC1. The molecule has 0 amide bonds. The van der Waals surface area contributed by atoms with Gasteiger partial charge in [0.2, 0.25) is 0 Å². The molecule has 1 heterocycles. The van der Waals surface area contributed by atoms with Crippen molar-refractivity contribution in [1.82, 2.24) is 5.32 Å². The highest BCUT2D eigenvalue weighted by Gasteiger charge is 2.34. The second-order valence-electron chi connectivity index (χ2n) is 5.65. The Kier molecular flexibility index (Phi) is 4.66. The molecule has 0 radical (unpaired) electrons. The Morgan fingerprint density at radius 3 is 2.44 bits per heavy atom. The molecular formula is C14H27NO. The Balaban J connectivity index is 1.80. The fourth-order valence-corrected chi connectivity index (χ4v) is 3.04. The summed E-state index contributed by atoms with van der Waals surface area (Å²) in [6, 6.07) is 0.751. The summed E-state index contributed by atoms with van der Waals surface area (Å²) in [5.74, 6) is 2.80. The average molecular weight is 225 g/mol. The van der Waals surface area contributed by atoms with E-state index in [0.29, 0.717) is 0 Å². The number of rotatable bonds is 6. The lowest BCUT2D eigenvalue weighted by Crippen LogP contribution is -2.38. The van der Waals surface area contributed by atoms with E-state index in [1.807, 2.05) is 0 Å². The Bertz CT molecular complexity index is 197. The van der Waals surface area contributed by atoms with E-state index in [2.05, 4.69) is 19.2 Å². The van der Waals surface area contributed by atoms with Crippen molar-refractivity contribution in [2.75, 3.05) is 19.8 Å². The van der Waals surface area contributed by atoms with Crippen LogP contribution in [0.3, 0.4) is 0 Å². The lowest BCUT2D eigenvalue weighted by atomic mass is 9.85. The number of hydrogen-bond acceptors (Lipinski definition) is 2. The van der Waals surface area contributed by atoms with Gasteiger partial charge in [0.1, 0.15) is 0 Å². The van der Waals surface area contributed by atoms with E-state index in [9.17, 15) is 0 Å². The average Bonchev–Trinajstić information content (AvgIpc) is 3.13. The van der Waals surface area contributed by atoms with Crippen molar-refractivity contribution in [3.63, 3.8) is 0 Å². The summed E-state index contributed by atoms with van der Waals surface area (Å²) in [6.07, 6.45) is 6.86. The van der Waals surface area contributed by atoms with Gasteiger partial charge in [-0.15, -0.1) is 0 Å². The van der Waals surface area contributed by atoms with Crippen LogP contribution in [-0.2, 0) is 4.74 Å². The van der Waals surface area contributed by atoms with Gasteiger partial charge in [-0.05, 0) is 56.4 Å². The van der Waals surface area contributed by atoms with Crippen molar-refractivity contribution in [1.29, 1.82) is 0 Å². The zero-order valence-corrected chi connectivity index (χ0v) is 10.9. The zero-order chi connectivity index (χ0) is 11.4. The molecule has 0 spiro atoms. The van der Waals surface area contributed by atoms with E-state index in [1.165, 1.54) is 32.1 Å². The number of hydrogen-bond donors (Lipinski definition) is 1. The molecule has 1 saturated carbocycles.